The standard InChI is InChI=1S/C30H26N4O5/c1-4-29(35)34-15-20(16-34)38-28-13-21-22(14-27(28)37-3)31-17-32-30(21)33-23-11-19(9-10-25(23)36-2)26-12-18-7-5-6-8-24(18)39-26/h4-14,17,20H,1,15-16H2,2-3H3,(H,31,32,33). The SMILES string of the molecule is C=CC(=O)N1CC(Oc2cc3c(Nc4cc(-c5cc6ccccc6o5)ccc4OC)ncnc3cc2OC)C1. The molecule has 0 spiro atoms. The van der Waals surface area contributed by atoms with E-state index in [1.165, 1.54) is 12.4 Å². The number of para-hydroxylation sites is 1. The molecular formula is C30H26N4O5. The first-order valence-electron chi connectivity index (χ1n) is 12.4. The Hall–Kier alpha value is -5.05. The van der Waals surface area contributed by atoms with Crippen LogP contribution in [0.3, 0.4) is 0 Å². The van der Waals surface area contributed by atoms with Crippen LogP contribution in [0.4, 0.5) is 11.5 Å². The predicted molar refractivity (Wildman–Crippen MR) is 149 cm³/mol. The van der Waals surface area contributed by atoms with Gasteiger partial charge in [0.1, 0.15) is 35.3 Å². The largest absolute Gasteiger partial charge is 0.495 e. The van der Waals surface area contributed by atoms with Gasteiger partial charge in [-0.05, 0) is 42.5 Å². The third-order valence-electron chi connectivity index (χ3n) is 6.71. The molecule has 0 atom stereocenters. The highest BCUT2D eigenvalue weighted by molar-refractivity contribution is 5.94. The Labute approximate surface area is 224 Å². The summed E-state index contributed by atoms with van der Waals surface area (Å²) < 4.78 is 23.5. The Morgan fingerprint density at radius 1 is 1.03 bits per heavy atom. The molecule has 2 aromatic heterocycles. The lowest BCUT2D eigenvalue weighted by atomic mass is 10.1. The van der Waals surface area contributed by atoms with E-state index in [0.717, 1.165) is 27.7 Å². The molecule has 1 N–H and O–H groups in total. The van der Waals surface area contributed by atoms with Crippen molar-refractivity contribution >= 4 is 39.3 Å². The topological polar surface area (TPSA) is 99.0 Å². The van der Waals surface area contributed by atoms with Gasteiger partial charge in [-0.15, -0.1) is 0 Å². The Balaban J connectivity index is 1.33. The van der Waals surface area contributed by atoms with Crippen molar-refractivity contribution < 1.29 is 23.4 Å². The normalized spacial score (nSPS) is 13.2. The number of anilines is 2. The molecule has 1 amide bonds. The highest BCUT2D eigenvalue weighted by Gasteiger charge is 2.31. The monoisotopic (exact) mass is 522 g/mol. The summed E-state index contributed by atoms with van der Waals surface area (Å²) in [6, 6.07) is 19.4. The molecule has 0 unspecified atom stereocenters. The van der Waals surface area contributed by atoms with Crippen molar-refractivity contribution in [3.05, 3.63) is 79.6 Å². The Morgan fingerprint density at radius 2 is 1.85 bits per heavy atom. The number of methoxy groups -OCH3 is 2. The molecule has 1 aliphatic heterocycles. The number of hydrogen-bond acceptors (Lipinski definition) is 8. The number of hydrogen-bond donors (Lipinski definition) is 1. The van der Waals surface area contributed by atoms with Gasteiger partial charge in [-0.1, -0.05) is 24.8 Å². The zero-order chi connectivity index (χ0) is 26.9. The van der Waals surface area contributed by atoms with Crippen molar-refractivity contribution in [2.75, 3.05) is 32.6 Å². The molecule has 1 aliphatic rings. The van der Waals surface area contributed by atoms with Crippen LogP contribution in [0.1, 0.15) is 0 Å². The molecule has 0 saturated carbocycles. The number of rotatable bonds is 8. The lowest BCUT2D eigenvalue weighted by Crippen LogP contribution is -2.55. The van der Waals surface area contributed by atoms with Crippen molar-refractivity contribution in [2.45, 2.75) is 6.10 Å². The Kier molecular flexibility index (Phi) is 6.24. The van der Waals surface area contributed by atoms with Crippen molar-refractivity contribution in [3.63, 3.8) is 0 Å². The van der Waals surface area contributed by atoms with E-state index in [4.69, 9.17) is 18.6 Å². The number of benzene rings is 3. The first-order valence-corrected chi connectivity index (χ1v) is 12.4. The first kappa shape index (κ1) is 24.3. The highest BCUT2D eigenvalue weighted by atomic mass is 16.5. The fourth-order valence-corrected chi connectivity index (χ4v) is 4.63. The zero-order valence-electron chi connectivity index (χ0n) is 21.5. The molecule has 1 saturated heterocycles. The van der Waals surface area contributed by atoms with E-state index in [1.807, 2.05) is 60.7 Å². The van der Waals surface area contributed by atoms with Crippen LogP contribution in [0.25, 0.3) is 33.2 Å². The van der Waals surface area contributed by atoms with Crippen molar-refractivity contribution in [2.24, 2.45) is 0 Å². The van der Waals surface area contributed by atoms with E-state index in [1.54, 1.807) is 19.1 Å². The van der Waals surface area contributed by atoms with Crippen LogP contribution in [-0.2, 0) is 4.79 Å². The number of carbonyl (C=O) groups is 1. The molecule has 39 heavy (non-hydrogen) atoms. The maximum atomic E-state index is 11.8. The molecule has 0 bridgehead atoms. The predicted octanol–water partition coefficient (Wildman–Crippen LogP) is 5.58. The lowest BCUT2D eigenvalue weighted by molar-refractivity contribution is -0.134. The van der Waals surface area contributed by atoms with Crippen LogP contribution < -0.4 is 19.5 Å². The van der Waals surface area contributed by atoms with E-state index < -0.39 is 0 Å². The van der Waals surface area contributed by atoms with E-state index in [2.05, 4.69) is 21.9 Å². The second-order valence-corrected chi connectivity index (χ2v) is 9.12. The lowest BCUT2D eigenvalue weighted by Gasteiger charge is -2.38. The smallest absolute Gasteiger partial charge is 0.246 e. The van der Waals surface area contributed by atoms with Gasteiger partial charge in [0.05, 0.1) is 38.5 Å². The summed E-state index contributed by atoms with van der Waals surface area (Å²) in [5.74, 6) is 2.95. The minimum Gasteiger partial charge on any atom is -0.495 e. The molecule has 3 heterocycles. The number of ether oxygens (including phenoxy) is 3. The highest BCUT2D eigenvalue weighted by Crippen LogP contribution is 2.39. The van der Waals surface area contributed by atoms with E-state index in [-0.39, 0.29) is 12.0 Å². The number of amides is 1. The minimum absolute atomic E-state index is 0.112. The van der Waals surface area contributed by atoms with Gasteiger partial charge < -0.3 is 28.8 Å². The molecule has 0 radical (unpaired) electrons. The van der Waals surface area contributed by atoms with Gasteiger partial charge >= 0.3 is 0 Å². The van der Waals surface area contributed by atoms with Crippen LogP contribution in [0, 0.1) is 0 Å². The third kappa shape index (κ3) is 4.59. The first-order chi connectivity index (χ1) is 19.1. The zero-order valence-corrected chi connectivity index (χ0v) is 21.5. The van der Waals surface area contributed by atoms with E-state index in [0.29, 0.717) is 47.4 Å². The number of fused-ring (bicyclic) bond motifs is 2. The summed E-state index contributed by atoms with van der Waals surface area (Å²) in [5, 5.41) is 5.18. The van der Waals surface area contributed by atoms with Gasteiger partial charge in [0.2, 0.25) is 5.91 Å². The molecule has 9 heteroatoms. The van der Waals surface area contributed by atoms with Gasteiger partial charge in [0.25, 0.3) is 0 Å². The van der Waals surface area contributed by atoms with Crippen LogP contribution in [0.2, 0.25) is 0 Å². The second kappa shape index (κ2) is 10.0. The van der Waals surface area contributed by atoms with Gasteiger partial charge in [-0.25, -0.2) is 9.97 Å². The van der Waals surface area contributed by atoms with Gasteiger partial charge in [-0.3, -0.25) is 4.79 Å². The molecular weight excluding hydrogens is 496 g/mol. The number of nitrogens with one attached hydrogen (secondary N) is 1. The fraction of sp³-hybridized carbons (Fsp3) is 0.167. The minimum atomic E-state index is -0.151. The van der Waals surface area contributed by atoms with Gasteiger partial charge in [0.15, 0.2) is 11.5 Å². The molecule has 0 aliphatic carbocycles. The molecule has 196 valence electrons. The summed E-state index contributed by atoms with van der Waals surface area (Å²) >= 11 is 0. The van der Waals surface area contributed by atoms with Crippen LogP contribution in [0.5, 0.6) is 17.2 Å². The fourth-order valence-electron chi connectivity index (χ4n) is 4.63. The van der Waals surface area contributed by atoms with E-state index in [9.17, 15) is 4.79 Å². The van der Waals surface area contributed by atoms with Crippen molar-refractivity contribution in [1.29, 1.82) is 0 Å². The quantitative estimate of drug-likeness (QED) is 0.264. The summed E-state index contributed by atoms with van der Waals surface area (Å²) in [4.78, 5) is 22.4. The van der Waals surface area contributed by atoms with Crippen LogP contribution in [0.15, 0.2) is 84.1 Å². The molecule has 3 aromatic carbocycles. The average Bonchev–Trinajstić information content (AvgIpc) is 3.38. The maximum Gasteiger partial charge on any atom is 0.246 e. The second-order valence-electron chi connectivity index (χ2n) is 9.12. The molecule has 9 nitrogen and oxygen atoms in total. The maximum absolute atomic E-state index is 11.8. The third-order valence-corrected chi connectivity index (χ3v) is 6.71. The van der Waals surface area contributed by atoms with Crippen LogP contribution in [-0.4, -0.2) is 54.2 Å². The number of aromatic nitrogens is 2. The van der Waals surface area contributed by atoms with Gasteiger partial charge in [0, 0.05) is 22.4 Å². The summed E-state index contributed by atoms with van der Waals surface area (Å²) in [7, 11) is 3.20. The Bertz CT molecular complexity index is 1670. The van der Waals surface area contributed by atoms with Gasteiger partial charge in [-0.2, -0.15) is 0 Å². The van der Waals surface area contributed by atoms with Crippen molar-refractivity contribution in [3.8, 4) is 28.6 Å². The summed E-state index contributed by atoms with van der Waals surface area (Å²) in [5.41, 5.74) is 3.11. The number of furan rings is 1. The average molecular weight is 523 g/mol. The number of carbonyl (C=O) groups excluding carboxylic acids is 1. The molecule has 1 fully saturated rings. The molecule has 6 rings (SSSR count). The number of nitrogens with zero attached hydrogens (tertiary/aromatic N) is 3. The Morgan fingerprint density at radius 3 is 2.62 bits per heavy atom. The molecule has 5 aromatic rings. The number of likely N-dealkylation sites (tertiary alicyclic amines) is 1. The summed E-state index contributed by atoms with van der Waals surface area (Å²) in [6.07, 6.45) is 2.65. The summed E-state index contributed by atoms with van der Waals surface area (Å²) in [6.45, 7) is 4.50. The van der Waals surface area contributed by atoms with E-state index >= 15 is 0 Å². The van der Waals surface area contributed by atoms with Crippen LogP contribution >= 0.6 is 0 Å². The van der Waals surface area contributed by atoms with Crippen molar-refractivity contribution in [1.82, 2.24) is 14.9 Å².